The molecule has 2 N–H and O–H groups in total. The molecule has 2 aromatic rings. The van der Waals surface area contributed by atoms with Gasteiger partial charge in [0.1, 0.15) is 5.82 Å². The largest absolute Gasteiger partial charge is 0.378 e. The summed E-state index contributed by atoms with van der Waals surface area (Å²) in [6.45, 7) is 4.47. The zero-order chi connectivity index (χ0) is 17.6. The van der Waals surface area contributed by atoms with Gasteiger partial charge in [0, 0.05) is 30.7 Å². The fraction of sp³-hybridized carbons (Fsp3) is 0.333. The van der Waals surface area contributed by atoms with Gasteiger partial charge in [0.15, 0.2) is 0 Å². The zero-order valence-electron chi connectivity index (χ0n) is 14.0. The van der Waals surface area contributed by atoms with E-state index in [1.165, 1.54) is 12.1 Å². The molecule has 2 heterocycles. The van der Waals surface area contributed by atoms with Crippen molar-refractivity contribution in [1.29, 1.82) is 0 Å². The van der Waals surface area contributed by atoms with E-state index in [1.54, 1.807) is 12.3 Å². The number of halogens is 1. The number of amides is 2. The van der Waals surface area contributed by atoms with Gasteiger partial charge in [-0.3, -0.25) is 4.98 Å². The minimum absolute atomic E-state index is 0.256. The molecule has 1 aromatic carbocycles. The molecular formula is C18H21FN4O2. The molecule has 1 saturated heterocycles. The van der Waals surface area contributed by atoms with E-state index in [2.05, 4.69) is 15.6 Å². The lowest BCUT2D eigenvalue weighted by atomic mass is 10.2. The minimum atomic E-state index is -0.406. The van der Waals surface area contributed by atoms with Crippen LogP contribution < -0.4 is 15.5 Å². The summed E-state index contributed by atoms with van der Waals surface area (Å²) < 4.78 is 19.2. The summed E-state index contributed by atoms with van der Waals surface area (Å²) >= 11 is 0. The number of urea groups is 1. The van der Waals surface area contributed by atoms with Crippen molar-refractivity contribution in [1.82, 2.24) is 10.3 Å². The molecule has 7 heteroatoms. The molecule has 0 saturated carbocycles. The summed E-state index contributed by atoms with van der Waals surface area (Å²) in [5, 5.41) is 5.48. The number of carbonyl (C=O) groups is 1. The van der Waals surface area contributed by atoms with E-state index in [9.17, 15) is 9.18 Å². The first kappa shape index (κ1) is 17.2. The first-order chi connectivity index (χ1) is 12.1. The number of morpholine rings is 1. The number of benzene rings is 1. The van der Waals surface area contributed by atoms with Gasteiger partial charge < -0.3 is 20.3 Å². The minimum Gasteiger partial charge on any atom is -0.378 e. The highest BCUT2D eigenvalue weighted by Crippen LogP contribution is 2.23. The number of carbonyl (C=O) groups excluding carboxylic acids is 1. The second kappa shape index (κ2) is 7.94. The molecule has 0 radical (unpaired) electrons. The molecule has 1 fully saturated rings. The van der Waals surface area contributed by atoms with Crippen molar-refractivity contribution in [2.75, 3.05) is 36.5 Å². The van der Waals surface area contributed by atoms with E-state index in [1.807, 2.05) is 30.0 Å². The van der Waals surface area contributed by atoms with Crippen LogP contribution in [-0.4, -0.2) is 37.3 Å². The molecule has 0 unspecified atom stereocenters. The number of rotatable bonds is 4. The maximum Gasteiger partial charge on any atom is 0.319 e. The standard InChI is InChI=1S/C18H21FN4O2/c1-13(17-4-2-3-5-20-17)21-18(24)22-15-10-14(19)11-16(12-15)23-6-8-25-9-7-23/h2-5,10-13H,6-9H2,1H3,(H2,21,22,24)/t13-/m0/s1. The van der Waals surface area contributed by atoms with Crippen LogP contribution in [0.4, 0.5) is 20.6 Å². The van der Waals surface area contributed by atoms with E-state index in [0.717, 1.165) is 11.4 Å². The number of ether oxygens (including phenoxy) is 1. The van der Waals surface area contributed by atoms with Crippen LogP contribution in [0.1, 0.15) is 18.7 Å². The second-order valence-corrected chi connectivity index (χ2v) is 5.87. The van der Waals surface area contributed by atoms with Gasteiger partial charge in [-0.15, -0.1) is 0 Å². The average molecular weight is 344 g/mol. The molecular weight excluding hydrogens is 323 g/mol. The molecule has 1 atom stereocenters. The van der Waals surface area contributed by atoms with Gasteiger partial charge in [-0.2, -0.15) is 0 Å². The van der Waals surface area contributed by atoms with E-state index >= 15 is 0 Å². The van der Waals surface area contributed by atoms with Crippen molar-refractivity contribution in [3.05, 3.63) is 54.1 Å². The Labute approximate surface area is 146 Å². The van der Waals surface area contributed by atoms with E-state index < -0.39 is 11.8 Å². The zero-order valence-corrected chi connectivity index (χ0v) is 14.0. The number of anilines is 2. The Hall–Kier alpha value is -2.67. The summed E-state index contributed by atoms with van der Waals surface area (Å²) in [5.74, 6) is -0.392. The van der Waals surface area contributed by atoms with Crippen molar-refractivity contribution >= 4 is 17.4 Å². The monoisotopic (exact) mass is 344 g/mol. The predicted octanol–water partition coefficient (Wildman–Crippen LogP) is 2.94. The van der Waals surface area contributed by atoms with Crippen molar-refractivity contribution < 1.29 is 13.9 Å². The Morgan fingerprint density at radius 2 is 2.08 bits per heavy atom. The predicted molar refractivity (Wildman–Crippen MR) is 94.2 cm³/mol. The van der Waals surface area contributed by atoms with Gasteiger partial charge in [-0.05, 0) is 37.3 Å². The molecule has 0 bridgehead atoms. The summed E-state index contributed by atoms with van der Waals surface area (Å²) in [7, 11) is 0. The fourth-order valence-corrected chi connectivity index (χ4v) is 2.72. The third-order valence-electron chi connectivity index (χ3n) is 4.00. The summed E-state index contributed by atoms with van der Waals surface area (Å²) in [6.07, 6.45) is 1.67. The van der Waals surface area contributed by atoms with Crippen LogP contribution in [0.3, 0.4) is 0 Å². The molecule has 25 heavy (non-hydrogen) atoms. The Balaban J connectivity index is 1.65. The van der Waals surface area contributed by atoms with Gasteiger partial charge in [-0.25, -0.2) is 9.18 Å². The normalized spacial score (nSPS) is 15.5. The van der Waals surface area contributed by atoms with Crippen LogP contribution in [0.5, 0.6) is 0 Å². The smallest absolute Gasteiger partial charge is 0.319 e. The summed E-state index contributed by atoms with van der Waals surface area (Å²) in [6, 6.07) is 9.38. The topological polar surface area (TPSA) is 66.5 Å². The molecule has 2 amide bonds. The molecule has 3 rings (SSSR count). The SMILES string of the molecule is C[C@H](NC(=O)Nc1cc(F)cc(N2CCOCC2)c1)c1ccccn1. The molecule has 1 aromatic heterocycles. The number of nitrogens with zero attached hydrogens (tertiary/aromatic N) is 2. The van der Waals surface area contributed by atoms with Gasteiger partial charge in [0.2, 0.25) is 0 Å². The Morgan fingerprint density at radius 3 is 2.80 bits per heavy atom. The molecule has 0 spiro atoms. The quantitative estimate of drug-likeness (QED) is 0.895. The Kier molecular flexibility index (Phi) is 5.45. The summed E-state index contributed by atoms with van der Waals surface area (Å²) in [5.41, 5.74) is 1.90. The molecule has 132 valence electrons. The third-order valence-corrected chi connectivity index (χ3v) is 4.00. The Bertz CT molecular complexity index is 720. The van der Waals surface area contributed by atoms with Crippen LogP contribution in [0.25, 0.3) is 0 Å². The van der Waals surface area contributed by atoms with Crippen molar-refractivity contribution in [3.63, 3.8) is 0 Å². The van der Waals surface area contributed by atoms with Crippen LogP contribution >= 0.6 is 0 Å². The number of hydrogen-bond acceptors (Lipinski definition) is 4. The lowest BCUT2D eigenvalue weighted by molar-refractivity contribution is 0.122. The average Bonchev–Trinajstić information content (AvgIpc) is 2.62. The van der Waals surface area contributed by atoms with Gasteiger partial charge in [0.05, 0.1) is 24.9 Å². The van der Waals surface area contributed by atoms with Crippen LogP contribution in [0.2, 0.25) is 0 Å². The third kappa shape index (κ3) is 4.67. The summed E-state index contributed by atoms with van der Waals surface area (Å²) in [4.78, 5) is 18.4. The Morgan fingerprint density at radius 1 is 1.28 bits per heavy atom. The van der Waals surface area contributed by atoms with Crippen LogP contribution in [0, 0.1) is 5.82 Å². The maximum atomic E-state index is 13.9. The highest BCUT2D eigenvalue weighted by atomic mass is 19.1. The number of pyridine rings is 1. The number of aromatic nitrogens is 1. The van der Waals surface area contributed by atoms with Crippen LogP contribution in [-0.2, 0) is 4.74 Å². The van der Waals surface area contributed by atoms with E-state index in [4.69, 9.17) is 4.74 Å². The van der Waals surface area contributed by atoms with Crippen LogP contribution in [0.15, 0.2) is 42.6 Å². The van der Waals surface area contributed by atoms with Crippen molar-refractivity contribution in [2.24, 2.45) is 0 Å². The molecule has 6 nitrogen and oxygen atoms in total. The van der Waals surface area contributed by atoms with Gasteiger partial charge in [-0.1, -0.05) is 6.07 Å². The van der Waals surface area contributed by atoms with E-state index in [0.29, 0.717) is 32.0 Å². The van der Waals surface area contributed by atoms with Gasteiger partial charge in [0.25, 0.3) is 0 Å². The van der Waals surface area contributed by atoms with Gasteiger partial charge >= 0.3 is 6.03 Å². The fourth-order valence-electron chi connectivity index (χ4n) is 2.72. The number of nitrogens with one attached hydrogen (secondary N) is 2. The maximum absolute atomic E-state index is 13.9. The first-order valence-electron chi connectivity index (χ1n) is 8.23. The second-order valence-electron chi connectivity index (χ2n) is 5.87. The van der Waals surface area contributed by atoms with Crippen molar-refractivity contribution in [2.45, 2.75) is 13.0 Å². The molecule has 1 aliphatic rings. The highest BCUT2D eigenvalue weighted by Gasteiger charge is 2.15. The lowest BCUT2D eigenvalue weighted by Crippen LogP contribution is -2.36. The van der Waals surface area contributed by atoms with Crippen molar-refractivity contribution in [3.8, 4) is 0 Å². The lowest BCUT2D eigenvalue weighted by Gasteiger charge is -2.29. The molecule has 0 aliphatic carbocycles. The highest BCUT2D eigenvalue weighted by molar-refractivity contribution is 5.90. The van der Waals surface area contributed by atoms with E-state index in [-0.39, 0.29) is 6.04 Å². The number of hydrogen-bond donors (Lipinski definition) is 2. The molecule has 1 aliphatic heterocycles. The first-order valence-corrected chi connectivity index (χ1v) is 8.23.